The van der Waals surface area contributed by atoms with E-state index in [2.05, 4.69) is 23.8 Å². The van der Waals surface area contributed by atoms with Gasteiger partial charge in [0.1, 0.15) is 6.54 Å². The van der Waals surface area contributed by atoms with E-state index in [4.69, 9.17) is 0 Å². The smallest absolute Gasteiger partial charge is 0.246 e. The van der Waals surface area contributed by atoms with Crippen LogP contribution in [0.5, 0.6) is 0 Å². The molecule has 2 amide bonds. The van der Waals surface area contributed by atoms with Crippen molar-refractivity contribution in [2.75, 3.05) is 57.8 Å². The van der Waals surface area contributed by atoms with E-state index in [0.717, 1.165) is 38.3 Å². The second-order valence-corrected chi connectivity index (χ2v) is 7.92. The van der Waals surface area contributed by atoms with Gasteiger partial charge in [0.15, 0.2) is 0 Å². The summed E-state index contributed by atoms with van der Waals surface area (Å²) in [6.07, 6.45) is 1.38. The highest BCUT2D eigenvalue weighted by Crippen LogP contribution is 2.19. The predicted molar refractivity (Wildman–Crippen MR) is 108 cm³/mol. The zero-order valence-electron chi connectivity index (χ0n) is 16.9. The Bertz CT molecular complexity index is 653. The van der Waals surface area contributed by atoms with Crippen molar-refractivity contribution in [2.24, 2.45) is 0 Å². The molecular formula is C21H32N4O2. The van der Waals surface area contributed by atoms with Crippen LogP contribution in [0.2, 0.25) is 0 Å². The second kappa shape index (κ2) is 8.85. The zero-order chi connectivity index (χ0) is 19.4. The fourth-order valence-corrected chi connectivity index (χ4v) is 3.82. The predicted octanol–water partition coefficient (Wildman–Crippen LogP) is 1.59. The van der Waals surface area contributed by atoms with Crippen molar-refractivity contribution in [3.05, 3.63) is 29.8 Å². The number of likely N-dealkylation sites (N-methyl/N-ethyl adjacent to an activating group) is 1. The van der Waals surface area contributed by atoms with Crippen molar-refractivity contribution in [3.63, 3.8) is 0 Å². The fourth-order valence-electron chi connectivity index (χ4n) is 3.82. The summed E-state index contributed by atoms with van der Waals surface area (Å²) >= 11 is 0. The standard InChI is InChI=1S/C21H32N4O2/c1-17-4-7-19(8-5-17)25-15-14-24(16-21(25)27)20(26)9-6-18(2)23-12-10-22(3)11-13-23/h4-5,7-8,18H,6,9-16H2,1-3H3/t18-/m1/s1. The van der Waals surface area contributed by atoms with Crippen LogP contribution >= 0.6 is 0 Å². The third kappa shape index (κ3) is 5.08. The molecule has 0 aliphatic carbocycles. The zero-order valence-corrected chi connectivity index (χ0v) is 16.9. The number of carbonyl (C=O) groups excluding carboxylic acids is 2. The Morgan fingerprint density at radius 2 is 1.70 bits per heavy atom. The van der Waals surface area contributed by atoms with Gasteiger partial charge in [-0.05, 0) is 39.4 Å². The SMILES string of the molecule is Cc1ccc(N2CCN(C(=O)CC[C@@H](C)N3CCN(C)CC3)CC2=O)cc1. The number of piperazine rings is 2. The Kier molecular flexibility index (Phi) is 6.50. The van der Waals surface area contributed by atoms with E-state index in [-0.39, 0.29) is 18.4 Å². The molecule has 3 rings (SSSR count). The molecule has 0 N–H and O–H groups in total. The van der Waals surface area contributed by atoms with Crippen LogP contribution in [-0.4, -0.2) is 85.4 Å². The molecule has 0 radical (unpaired) electrons. The third-order valence-electron chi connectivity index (χ3n) is 5.86. The minimum atomic E-state index is 0.00516. The van der Waals surface area contributed by atoms with Crippen LogP contribution < -0.4 is 4.90 Å². The van der Waals surface area contributed by atoms with Gasteiger partial charge in [-0.2, -0.15) is 0 Å². The first-order valence-corrected chi connectivity index (χ1v) is 10.0. The van der Waals surface area contributed by atoms with E-state index in [1.165, 1.54) is 5.56 Å². The fraction of sp³-hybridized carbons (Fsp3) is 0.619. The molecule has 2 aliphatic rings. The molecule has 0 aromatic heterocycles. The van der Waals surface area contributed by atoms with Crippen LogP contribution in [0.1, 0.15) is 25.3 Å². The normalized spacial score (nSPS) is 20.8. The van der Waals surface area contributed by atoms with E-state index in [0.29, 0.717) is 25.6 Å². The van der Waals surface area contributed by atoms with Gasteiger partial charge >= 0.3 is 0 Å². The monoisotopic (exact) mass is 372 g/mol. The van der Waals surface area contributed by atoms with E-state index in [1.807, 2.05) is 31.2 Å². The van der Waals surface area contributed by atoms with E-state index < -0.39 is 0 Å². The van der Waals surface area contributed by atoms with E-state index in [9.17, 15) is 9.59 Å². The molecule has 0 saturated carbocycles. The van der Waals surface area contributed by atoms with Crippen LogP contribution in [-0.2, 0) is 9.59 Å². The molecule has 1 aromatic carbocycles. The highest BCUT2D eigenvalue weighted by Gasteiger charge is 2.28. The lowest BCUT2D eigenvalue weighted by molar-refractivity contribution is -0.137. The van der Waals surface area contributed by atoms with Crippen LogP contribution in [0.25, 0.3) is 0 Å². The number of amides is 2. The Balaban J connectivity index is 1.46. The number of hydrogen-bond acceptors (Lipinski definition) is 4. The maximum absolute atomic E-state index is 12.6. The minimum absolute atomic E-state index is 0.00516. The van der Waals surface area contributed by atoms with Crippen LogP contribution in [0.3, 0.4) is 0 Å². The molecular weight excluding hydrogens is 340 g/mol. The van der Waals surface area contributed by atoms with Crippen LogP contribution in [0.4, 0.5) is 5.69 Å². The first-order valence-electron chi connectivity index (χ1n) is 10.0. The highest BCUT2D eigenvalue weighted by atomic mass is 16.2. The Morgan fingerprint density at radius 1 is 1.04 bits per heavy atom. The number of carbonyl (C=O) groups is 2. The maximum Gasteiger partial charge on any atom is 0.246 e. The van der Waals surface area contributed by atoms with Crippen LogP contribution in [0, 0.1) is 6.92 Å². The number of anilines is 1. The summed E-state index contributed by atoms with van der Waals surface area (Å²) in [5, 5.41) is 0. The van der Waals surface area contributed by atoms with Crippen molar-refractivity contribution < 1.29 is 9.59 Å². The average Bonchev–Trinajstić information content (AvgIpc) is 2.67. The molecule has 0 unspecified atom stereocenters. The summed E-state index contributed by atoms with van der Waals surface area (Å²) < 4.78 is 0. The summed E-state index contributed by atoms with van der Waals surface area (Å²) in [6, 6.07) is 8.39. The van der Waals surface area contributed by atoms with E-state index >= 15 is 0 Å². The van der Waals surface area contributed by atoms with Crippen molar-refractivity contribution in [1.29, 1.82) is 0 Å². The molecule has 2 saturated heterocycles. The average molecular weight is 373 g/mol. The molecule has 0 bridgehead atoms. The third-order valence-corrected chi connectivity index (χ3v) is 5.86. The Labute approximate surface area is 162 Å². The van der Waals surface area contributed by atoms with Crippen molar-refractivity contribution in [3.8, 4) is 0 Å². The van der Waals surface area contributed by atoms with Gasteiger partial charge in [-0.1, -0.05) is 17.7 Å². The number of aryl methyl sites for hydroxylation is 1. The Hall–Kier alpha value is -1.92. The van der Waals surface area contributed by atoms with Gasteiger partial charge in [0.25, 0.3) is 0 Å². The maximum atomic E-state index is 12.6. The van der Waals surface area contributed by atoms with Crippen molar-refractivity contribution in [2.45, 2.75) is 32.7 Å². The quantitative estimate of drug-likeness (QED) is 0.788. The first kappa shape index (κ1) is 19.8. The van der Waals surface area contributed by atoms with Gasteiger partial charge in [-0.3, -0.25) is 14.5 Å². The lowest BCUT2D eigenvalue weighted by Gasteiger charge is -2.37. The summed E-state index contributed by atoms with van der Waals surface area (Å²) in [5.41, 5.74) is 2.09. The van der Waals surface area contributed by atoms with Gasteiger partial charge in [0.05, 0.1) is 0 Å². The molecule has 6 nitrogen and oxygen atoms in total. The minimum Gasteiger partial charge on any atom is -0.332 e. The molecule has 1 atom stereocenters. The largest absolute Gasteiger partial charge is 0.332 e. The molecule has 0 spiro atoms. The lowest BCUT2D eigenvalue weighted by atomic mass is 10.1. The number of rotatable bonds is 5. The van der Waals surface area contributed by atoms with Crippen molar-refractivity contribution >= 4 is 17.5 Å². The highest BCUT2D eigenvalue weighted by molar-refractivity contribution is 5.97. The van der Waals surface area contributed by atoms with Gasteiger partial charge in [-0.25, -0.2) is 0 Å². The molecule has 2 fully saturated rings. The van der Waals surface area contributed by atoms with Crippen molar-refractivity contribution in [1.82, 2.24) is 14.7 Å². The number of nitrogens with zero attached hydrogens (tertiary/aromatic N) is 4. The molecule has 27 heavy (non-hydrogen) atoms. The summed E-state index contributed by atoms with van der Waals surface area (Å²) in [4.78, 5) is 33.4. The summed E-state index contributed by atoms with van der Waals surface area (Å²) in [5.74, 6) is 0.110. The Morgan fingerprint density at radius 3 is 2.33 bits per heavy atom. The number of benzene rings is 1. The van der Waals surface area contributed by atoms with Gasteiger partial charge in [-0.15, -0.1) is 0 Å². The first-order chi connectivity index (χ1) is 12.9. The van der Waals surface area contributed by atoms with Gasteiger partial charge in [0, 0.05) is 57.4 Å². The molecule has 2 aliphatic heterocycles. The molecule has 148 valence electrons. The molecule has 1 aromatic rings. The lowest BCUT2D eigenvalue weighted by Crippen LogP contribution is -2.52. The van der Waals surface area contributed by atoms with Gasteiger partial charge < -0.3 is 14.7 Å². The van der Waals surface area contributed by atoms with E-state index in [1.54, 1.807) is 9.80 Å². The van der Waals surface area contributed by atoms with Gasteiger partial charge in [0.2, 0.25) is 11.8 Å². The number of hydrogen-bond donors (Lipinski definition) is 0. The summed E-state index contributed by atoms with van der Waals surface area (Å²) in [6.45, 7) is 9.93. The summed E-state index contributed by atoms with van der Waals surface area (Å²) in [7, 11) is 2.15. The molecule has 2 heterocycles. The van der Waals surface area contributed by atoms with Crippen LogP contribution in [0.15, 0.2) is 24.3 Å². The second-order valence-electron chi connectivity index (χ2n) is 7.92. The topological polar surface area (TPSA) is 47.1 Å². The molecule has 6 heteroatoms.